The predicted molar refractivity (Wildman–Crippen MR) is 68.2 cm³/mol. The molecule has 2 rings (SSSR count). The van der Waals surface area contributed by atoms with E-state index in [1.807, 2.05) is 0 Å². The van der Waals surface area contributed by atoms with Crippen LogP contribution in [0.3, 0.4) is 0 Å². The van der Waals surface area contributed by atoms with Gasteiger partial charge in [0, 0.05) is 12.2 Å². The van der Waals surface area contributed by atoms with Crippen molar-refractivity contribution >= 4 is 11.7 Å². The van der Waals surface area contributed by atoms with Crippen molar-refractivity contribution in [1.82, 2.24) is 10.3 Å². The third-order valence-corrected chi connectivity index (χ3v) is 3.49. The normalized spacial score (nSPS) is 22.7. The molecule has 0 aromatic carbocycles. The third-order valence-electron chi connectivity index (χ3n) is 3.49. The number of pyridine rings is 1. The Hall–Kier alpha value is -1.86. The Morgan fingerprint density at radius 1 is 1.33 bits per heavy atom. The molecule has 1 fully saturated rings. The molecule has 0 radical (unpaired) electrons. The molecule has 1 heterocycles. The number of nitrogens with one attached hydrogen (secondary N) is 2. The van der Waals surface area contributed by atoms with Crippen LogP contribution >= 0.6 is 0 Å². The number of anilines is 1. The van der Waals surface area contributed by atoms with E-state index < -0.39 is 30.0 Å². The van der Waals surface area contributed by atoms with Gasteiger partial charge >= 0.3 is 12.2 Å². The van der Waals surface area contributed by atoms with E-state index in [-0.39, 0.29) is 18.5 Å². The maximum Gasteiger partial charge on any atom is 0.391 e. The van der Waals surface area contributed by atoms with Crippen LogP contribution in [0, 0.1) is 11.7 Å². The lowest BCUT2D eigenvalue weighted by molar-refractivity contribution is -0.183. The standard InChI is InChI=1S/C13H15F4N3O/c14-10-7-18-5-4-11(10)20-12(21)19-9-3-1-2-8(6-9)13(15,16)17/h4-5,7-9H,1-3,6H2,(H2,18,19,20,21). The summed E-state index contributed by atoms with van der Waals surface area (Å²) in [6, 6.07) is -0.00269. The molecule has 1 aromatic heterocycles. The SMILES string of the molecule is O=C(Nc1ccncc1F)NC1CCCC(C(F)(F)F)C1. The summed E-state index contributed by atoms with van der Waals surface area (Å²) in [5.41, 5.74) is -0.0642. The van der Waals surface area contributed by atoms with E-state index in [1.54, 1.807) is 0 Å². The molecule has 0 bridgehead atoms. The number of nitrogens with zero attached hydrogens (tertiary/aromatic N) is 1. The van der Waals surface area contributed by atoms with Crippen LogP contribution in [0.2, 0.25) is 0 Å². The molecule has 1 aromatic rings. The number of halogens is 4. The van der Waals surface area contributed by atoms with Crippen molar-refractivity contribution in [1.29, 1.82) is 0 Å². The Morgan fingerprint density at radius 2 is 2.10 bits per heavy atom. The highest BCUT2D eigenvalue weighted by Gasteiger charge is 2.42. The maximum absolute atomic E-state index is 13.3. The average molecular weight is 305 g/mol. The summed E-state index contributed by atoms with van der Waals surface area (Å²) in [5.74, 6) is -2.10. The Kier molecular flexibility index (Phi) is 4.64. The van der Waals surface area contributed by atoms with E-state index in [1.165, 1.54) is 12.3 Å². The number of rotatable bonds is 2. The second-order valence-electron chi connectivity index (χ2n) is 5.06. The van der Waals surface area contributed by atoms with Crippen molar-refractivity contribution in [2.45, 2.75) is 37.9 Å². The topological polar surface area (TPSA) is 54.0 Å². The van der Waals surface area contributed by atoms with Gasteiger partial charge in [-0.15, -0.1) is 0 Å². The van der Waals surface area contributed by atoms with Crippen LogP contribution in [0.25, 0.3) is 0 Å². The van der Waals surface area contributed by atoms with Crippen molar-refractivity contribution in [3.05, 3.63) is 24.3 Å². The lowest BCUT2D eigenvalue weighted by Gasteiger charge is -2.31. The van der Waals surface area contributed by atoms with Gasteiger partial charge in [-0.25, -0.2) is 9.18 Å². The van der Waals surface area contributed by atoms with Crippen LogP contribution in [-0.4, -0.2) is 23.2 Å². The maximum atomic E-state index is 13.3. The Balaban J connectivity index is 1.89. The van der Waals surface area contributed by atoms with Gasteiger partial charge in [0.25, 0.3) is 0 Å². The van der Waals surface area contributed by atoms with E-state index >= 15 is 0 Å². The van der Waals surface area contributed by atoms with Crippen LogP contribution < -0.4 is 10.6 Å². The number of carbonyl (C=O) groups is 1. The van der Waals surface area contributed by atoms with Crippen LogP contribution in [0.4, 0.5) is 28.0 Å². The molecule has 2 amide bonds. The number of hydrogen-bond donors (Lipinski definition) is 2. The fourth-order valence-corrected chi connectivity index (χ4v) is 2.44. The van der Waals surface area contributed by atoms with Crippen molar-refractivity contribution in [2.24, 2.45) is 5.92 Å². The summed E-state index contributed by atoms with van der Waals surface area (Å²) in [5, 5.41) is 4.72. The van der Waals surface area contributed by atoms with Crippen molar-refractivity contribution in [3.8, 4) is 0 Å². The number of carbonyl (C=O) groups excluding carboxylic acids is 1. The first-order valence-electron chi connectivity index (χ1n) is 6.60. The van der Waals surface area contributed by atoms with Gasteiger partial charge in [0.1, 0.15) is 0 Å². The van der Waals surface area contributed by atoms with E-state index in [9.17, 15) is 22.4 Å². The van der Waals surface area contributed by atoms with Gasteiger partial charge in [-0.1, -0.05) is 6.42 Å². The predicted octanol–water partition coefficient (Wildman–Crippen LogP) is 3.46. The molecule has 21 heavy (non-hydrogen) atoms. The molecule has 0 aliphatic heterocycles. The quantitative estimate of drug-likeness (QED) is 0.822. The largest absolute Gasteiger partial charge is 0.391 e. The minimum absolute atomic E-state index is 0.0642. The highest BCUT2D eigenvalue weighted by atomic mass is 19.4. The Labute approximate surface area is 118 Å². The summed E-state index contributed by atoms with van der Waals surface area (Å²) in [4.78, 5) is 15.2. The Morgan fingerprint density at radius 3 is 2.76 bits per heavy atom. The minimum atomic E-state index is -4.24. The van der Waals surface area contributed by atoms with E-state index in [0.29, 0.717) is 12.8 Å². The van der Waals surface area contributed by atoms with E-state index in [4.69, 9.17) is 0 Å². The summed E-state index contributed by atoms with van der Waals surface area (Å²) < 4.78 is 51.3. The molecule has 0 spiro atoms. The molecular weight excluding hydrogens is 290 g/mol. The average Bonchev–Trinajstić information content (AvgIpc) is 2.41. The first-order valence-corrected chi connectivity index (χ1v) is 6.60. The highest BCUT2D eigenvalue weighted by Crippen LogP contribution is 2.37. The van der Waals surface area contributed by atoms with Gasteiger partial charge in [-0.2, -0.15) is 13.2 Å². The van der Waals surface area contributed by atoms with Crippen LogP contribution in [0.15, 0.2) is 18.5 Å². The van der Waals surface area contributed by atoms with Gasteiger partial charge in [0.15, 0.2) is 5.82 Å². The summed E-state index contributed by atoms with van der Waals surface area (Å²) in [7, 11) is 0. The molecule has 1 aliphatic rings. The van der Waals surface area contributed by atoms with Crippen molar-refractivity contribution in [3.63, 3.8) is 0 Å². The van der Waals surface area contributed by atoms with Gasteiger partial charge < -0.3 is 10.6 Å². The van der Waals surface area contributed by atoms with Gasteiger partial charge in [-0.3, -0.25) is 4.98 Å². The van der Waals surface area contributed by atoms with Crippen molar-refractivity contribution < 1.29 is 22.4 Å². The number of amides is 2. The fraction of sp³-hybridized carbons (Fsp3) is 0.538. The van der Waals surface area contributed by atoms with Crippen molar-refractivity contribution in [2.75, 3.05) is 5.32 Å². The Bertz CT molecular complexity index is 506. The van der Waals surface area contributed by atoms with Crippen LogP contribution in [0.5, 0.6) is 0 Å². The first-order chi connectivity index (χ1) is 9.86. The third kappa shape index (κ3) is 4.30. The smallest absolute Gasteiger partial charge is 0.335 e. The van der Waals surface area contributed by atoms with Gasteiger partial charge in [-0.05, 0) is 25.3 Å². The fourth-order valence-electron chi connectivity index (χ4n) is 2.44. The highest BCUT2D eigenvalue weighted by molar-refractivity contribution is 5.89. The number of hydrogen-bond acceptors (Lipinski definition) is 2. The summed E-state index contributed by atoms with van der Waals surface area (Å²) in [6.07, 6.45) is -1.17. The molecule has 1 saturated carbocycles. The van der Waals surface area contributed by atoms with E-state index in [0.717, 1.165) is 6.20 Å². The van der Waals surface area contributed by atoms with Crippen LogP contribution in [0.1, 0.15) is 25.7 Å². The molecule has 2 unspecified atom stereocenters. The van der Waals surface area contributed by atoms with E-state index in [2.05, 4.69) is 15.6 Å². The van der Waals surface area contributed by atoms with Crippen LogP contribution in [-0.2, 0) is 0 Å². The zero-order chi connectivity index (χ0) is 15.5. The van der Waals surface area contributed by atoms with Gasteiger partial charge in [0.05, 0.1) is 17.8 Å². The number of urea groups is 1. The molecule has 1 aliphatic carbocycles. The molecule has 116 valence electrons. The second-order valence-corrected chi connectivity index (χ2v) is 5.06. The molecule has 8 heteroatoms. The molecule has 4 nitrogen and oxygen atoms in total. The first kappa shape index (κ1) is 15.5. The van der Waals surface area contributed by atoms with Gasteiger partial charge in [0.2, 0.25) is 0 Å². The monoisotopic (exact) mass is 305 g/mol. The molecule has 0 saturated heterocycles. The zero-order valence-corrected chi connectivity index (χ0v) is 11.1. The minimum Gasteiger partial charge on any atom is -0.335 e. The molecular formula is C13H15F4N3O. The lowest BCUT2D eigenvalue weighted by Crippen LogP contribution is -2.43. The molecule has 2 atom stereocenters. The summed E-state index contributed by atoms with van der Waals surface area (Å²) >= 11 is 0. The second kappa shape index (κ2) is 6.28. The number of aromatic nitrogens is 1. The number of alkyl halides is 3. The zero-order valence-electron chi connectivity index (χ0n) is 11.1. The summed E-state index contributed by atoms with van der Waals surface area (Å²) in [6.45, 7) is 0. The molecule has 2 N–H and O–H groups in total. The lowest BCUT2D eigenvalue weighted by atomic mass is 9.85.